The smallest absolute Gasteiger partial charge is 0.417 e. The Hall–Kier alpha value is -2.46. The first-order valence-electron chi connectivity index (χ1n) is 8.17. The predicted octanol–water partition coefficient (Wildman–Crippen LogP) is 2.61. The third-order valence-corrected chi connectivity index (χ3v) is 3.76. The van der Waals surface area contributed by atoms with Crippen molar-refractivity contribution in [2.75, 3.05) is 34.3 Å². The van der Waals surface area contributed by atoms with Crippen LogP contribution < -0.4 is 15.8 Å². The van der Waals surface area contributed by atoms with Crippen molar-refractivity contribution in [1.29, 1.82) is 0 Å². The number of alkyl halides is 3. The number of amides is 1. The summed E-state index contributed by atoms with van der Waals surface area (Å²) in [6.07, 6.45) is -3.93. The Labute approximate surface area is 166 Å². The molecule has 1 amide bonds. The number of nitrogens with one attached hydrogen (secondary N) is 2. The molecule has 1 aromatic heterocycles. The minimum absolute atomic E-state index is 0. The largest absolute Gasteiger partial charge is 0.493 e. The predicted molar refractivity (Wildman–Crippen MR) is 104 cm³/mol. The number of hydrogen-bond acceptors (Lipinski definition) is 4. The molecule has 1 aromatic carbocycles. The van der Waals surface area contributed by atoms with E-state index in [1.54, 1.807) is 0 Å². The zero-order valence-corrected chi connectivity index (χ0v) is 16.5. The van der Waals surface area contributed by atoms with Crippen LogP contribution in [0.25, 0.3) is 10.9 Å². The number of carbonyl (C=O) groups excluding carboxylic acids is 1. The number of carbonyl (C=O) groups is 1. The van der Waals surface area contributed by atoms with Gasteiger partial charge in [-0.15, -0.1) is 12.4 Å². The van der Waals surface area contributed by atoms with Gasteiger partial charge in [0.1, 0.15) is 11.4 Å². The molecule has 156 valence electrons. The molecule has 7 nitrogen and oxygen atoms in total. The number of aliphatic imine (C=N–C) groups is 1. The van der Waals surface area contributed by atoms with Crippen molar-refractivity contribution in [2.24, 2.45) is 10.7 Å². The highest BCUT2D eigenvalue weighted by Crippen LogP contribution is 2.38. The summed E-state index contributed by atoms with van der Waals surface area (Å²) >= 11 is 0. The van der Waals surface area contributed by atoms with Crippen molar-refractivity contribution in [3.05, 3.63) is 29.5 Å². The zero-order valence-electron chi connectivity index (χ0n) is 15.7. The van der Waals surface area contributed by atoms with Gasteiger partial charge < -0.3 is 20.4 Å². The average molecular weight is 422 g/mol. The van der Waals surface area contributed by atoms with Gasteiger partial charge in [-0.05, 0) is 32.6 Å². The molecule has 0 saturated heterocycles. The first-order valence-corrected chi connectivity index (χ1v) is 8.17. The van der Waals surface area contributed by atoms with E-state index in [0.29, 0.717) is 6.42 Å². The number of aromatic nitrogens is 1. The Kier molecular flexibility index (Phi) is 8.13. The van der Waals surface area contributed by atoms with Crippen LogP contribution in [0.15, 0.2) is 23.2 Å². The van der Waals surface area contributed by atoms with Crippen LogP contribution >= 0.6 is 12.4 Å². The maximum absolute atomic E-state index is 13.5. The van der Waals surface area contributed by atoms with Gasteiger partial charge >= 0.3 is 6.18 Å². The van der Waals surface area contributed by atoms with Crippen molar-refractivity contribution >= 4 is 35.2 Å². The molecule has 2 aromatic rings. The van der Waals surface area contributed by atoms with E-state index in [1.165, 1.54) is 13.1 Å². The van der Waals surface area contributed by atoms with Gasteiger partial charge in [-0.1, -0.05) is 0 Å². The normalized spacial score (nSPS) is 12.2. The molecule has 4 N–H and O–H groups in total. The van der Waals surface area contributed by atoms with Gasteiger partial charge in [-0.3, -0.25) is 15.1 Å². The number of aromatic amines is 1. The number of ether oxygens (including phenoxy) is 1. The van der Waals surface area contributed by atoms with Gasteiger partial charge in [-0.2, -0.15) is 13.2 Å². The number of guanidine groups is 1. The molecule has 2 rings (SSSR count). The SMILES string of the molecule is CN=C(N)NC(=O)c1cc2c(C(F)(F)F)cc(OCCCN(C)C)cc2[nH]1.Cl. The van der Waals surface area contributed by atoms with E-state index in [0.717, 1.165) is 18.7 Å². The second kappa shape index (κ2) is 9.65. The van der Waals surface area contributed by atoms with Crippen LogP contribution in [0, 0.1) is 0 Å². The Balaban J connectivity index is 0.00000392. The summed E-state index contributed by atoms with van der Waals surface area (Å²) in [6, 6.07) is 3.51. The summed E-state index contributed by atoms with van der Waals surface area (Å²) in [6.45, 7) is 1.03. The number of nitrogens with zero attached hydrogens (tertiary/aromatic N) is 2. The highest BCUT2D eigenvalue weighted by molar-refractivity contribution is 6.06. The molecule has 0 unspecified atom stereocenters. The Bertz CT molecular complexity index is 849. The van der Waals surface area contributed by atoms with E-state index >= 15 is 0 Å². The molecule has 1 heterocycles. The second-order valence-electron chi connectivity index (χ2n) is 6.18. The number of benzene rings is 1. The second-order valence-corrected chi connectivity index (χ2v) is 6.18. The lowest BCUT2D eigenvalue weighted by molar-refractivity contribution is -0.136. The quantitative estimate of drug-likeness (QED) is 0.379. The van der Waals surface area contributed by atoms with Gasteiger partial charge in [0.25, 0.3) is 5.91 Å². The number of nitrogens with two attached hydrogens (primary N) is 1. The van der Waals surface area contributed by atoms with Crippen molar-refractivity contribution < 1.29 is 22.7 Å². The van der Waals surface area contributed by atoms with Crippen LogP contribution in [0.2, 0.25) is 0 Å². The summed E-state index contributed by atoms with van der Waals surface area (Å²) in [5, 5.41) is 2.15. The molecule has 11 heteroatoms. The maximum atomic E-state index is 13.5. The molecular weight excluding hydrogens is 399 g/mol. The van der Waals surface area contributed by atoms with Crippen LogP contribution in [-0.4, -0.2) is 56.0 Å². The first kappa shape index (κ1) is 23.6. The Morgan fingerprint density at radius 3 is 2.57 bits per heavy atom. The van der Waals surface area contributed by atoms with Crippen LogP contribution in [0.3, 0.4) is 0 Å². The highest BCUT2D eigenvalue weighted by Gasteiger charge is 2.34. The molecule has 0 atom stereocenters. The van der Waals surface area contributed by atoms with Gasteiger partial charge in [0.2, 0.25) is 0 Å². The van der Waals surface area contributed by atoms with Crippen molar-refractivity contribution in [3.8, 4) is 5.75 Å². The van der Waals surface area contributed by atoms with E-state index < -0.39 is 17.6 Å². The molecule has 0 aliphatic heterocycles. The standard InChI is InChI=1S/C17H22F3N5O2.ClH/c1-22-16(21)24-15(26)14-9-11-12(17(18,19)20)7-10(8-13(11)23-14)27-6-4-5-25(2)3;/h7-9,23H,4-6H2,1-3H3,(H3,21,22,24,26);1H. The Morgan fingerprint density at radius 1 is 1.32 bits per heavy atom. The van der Waals surface area contributed by atoms with E-state index in [-0.39, 0.29) is 47.3 Å². The minimum Gasteiger partial charge on any atom is -0.493 e. The summed E-state index contributed by atoms with van der Waals surface area (Å²) in [5.74, 6) is -0.743. The molecule has 0 radical (unpaired) electrons. The molecule has 0 saturated carbocycles. The molecule has 0 spiro atoms. The van der Waals surface area contributed by atoms with Crippen LogP contribution in [0.5, 0.6) is 5.75 Å². The van der Waals surface area contributed by atoms with Crippen LogP contribution in [0.4, 0.5) is 13.2 Å². The van der Waals surface area contributed by atoms with E-state index in [9.17, 15) is 18.0 Å². The fourth-order valence-corrected chi connectivity index (χ4v) is 2.46. The monoisotopic (exact) mass is 421 g/mol. The summed E-state index contributed by atoms with van der Waals surface area (Å²) in [5.41, 5.74) is 4.62. The molecule has 28 heavy (non-hydrogen) atoms. The summed E-state index contributed by atoms with van der Waals surface area (Å²) < 4.78 is 45.8. The van der Waals surface area contributed by atoms with Crippen LogP contribution in [0.1, 0.15) is 22.5 Å². The van der Waals surface area contributed by atoms with Gasteiger partial charge in [0.05, 0.1) is 17.7 Å². The molecule has 0 aliphatic rings. The third-order valence-electron chi connectivity index (χ3n) is 3.76. The maximum Gasteiger partial charge on any atom is 0.417 e. The average Bonchev–Trinajstić information content (AvgIpc) is 3.00. The minimum atomic E-state index is -4.60. The fourth-order valence-electron chi connectivity index (χ4n) is 2.46. The lowest BCUT2D eigenvalue weighted by atomic mass is 10.1. The van der Waals surface area contributed by atoms with Crippen molar-refractivity contribution in [2.45, 2.75) is 12.6 Å². The van der Waals surface area contributed by atoms with Gasteiger partial charge in [0, 0.05) is 25.0 Å². The third kappa shape index (κ3) is 6.03. The number of H-pyrrole nitrogens is 1. The number of hydrogen-bond donors (Lipinski definition) is 3. The molecule has 0 fully saturated rings. The molecule has 0 bridgehead atoms. The van der Waals surface area contributed by atoms with E-state index in [1.807, 2.05) is 19.0 Å². The number of rotatable bonds is 6. The Morgan fingerprint density at radius 2 is 2.00 bits per heavy atom. The highest BCUT2D eigenvalue weighted by atomic mass is 35.5. The number of fused-ring (bicyclic) bond motifs is 1. The topological polar surface area (TPSA) is 95.7 Å². The van der Waals surface area contributed by atoms with Crippen molar-refractivity contribution in [3.63, 3.8) is 0 Å². The zero-order chi connectivity index (χ0) is 20.2. The number of halogens is 4. The van der Waals surface area contributed by atoms with Gasteiger partial charge in [-0.25, -0.2) is 0 Å². The molecule has 0 aliphatic carbocycles. The van der Waals surface area contributed by atoms with Gasteiger partial charge in [0.15, 0.2) is 5.96 Å². The lowest BCUT2D eigenvalue weighted by Crippen LogP contribution is -2.36. The fraction of sp³-hybridized carbons (Fsp3) is 0.412. The molecular formula is C17H23ClF3N5O2. The first-order chi connectivity index (χ1) is 12.6. The summed E-state index contributed by atoms with van der Waals surface area (Å²) in [7, 11) is 5.17. The van der Waals surface area contributed by atoms with E-state index in [2.05, 4.69) is 15.3 Å². The summed E-state index contributed by atoms with van der Waals surface area (Å²) in [4.78, 5) is 20.3. The van der Waals surface area contributed by atoms with Crippen LogP contribution in [-0.2, 0) is 6.18 Å². The van der Waals surface area contributed by atoms with E-state index in [4.69, 9.17) is 10.5 Å². The van der Waals surface area contributed by atoms with Crippen molar-refractivity contribution in [1.82, 2.24) is 15.2 Å². The lowest BCUT2D eigenvalue weighted by Gasteiger charge is -2.13.